The van der Waals surface area contributed by atoms with Crippen molar-refractivity contribution in [2.45, 2.75) is 13.8 Å². The molecule has 3 rings (SSSR count). The van der Waals surface area contributed by atoms with E-state index in [1.54, 1.807) is 55.7 Å². The molecule has 1 fully saturated rings. The molecule has 9 heteroatoms. The summed E-state index contributed by atoms with van der Waals surface area (Å²) in [6, 6.07) is 12.1. The van der Waals surface area contributed by atoms with Crippen LogP contribution in [-0.2, 0) is 9.59 Å². The summed E-state index contributed by atoms with van der Waals surface area (Å²) in [5, 5.41) is 2.18. The van der Waals surface area contributed by atoms with E-state index < -0.39 is 17.1 Å². The van der Waals surface area contributed by atoms with E-state index in [1.165, 1.54) is 0 Å². The molecule has 2 aromatic rings. The van der Waals surface area contributed by atoms with Gasteiger partial charge in [0, 0.05) is 5.69 Å². The molecule has 1 heterocycles. The number of thioether (sulfide) groups is 1. The first-order valence-electron chi connectivity index (χ1n) is 10.0. The van der Waals surface area contributed by atoms with Gasteiger partial charge in [-0.3, -0.25) is 19.3 Å². The lowest BCUT2D eigenvalue weighted by molar-refractivity contribution is -0.127. The van der Waals surface area contributed by atoms with Crippen molar-refractivity contribution in [3.63, 3.8) is 0 Å². The molecule has 168 valence electrons. The summed E-state index contributed by atoms with van der Waals surface area (Å²) in [7, 11) is 1.54. The minimum Gasteiger partial charge on any atom is -0.494 e. The molecule has 32 heavy (non-hydrogen) atoms. The number of anilines is 1. The number of nitrogens with one attached hydrogen (secondary N) is 1. The highest BCUT2D eigenvalue weighted by Crippen LogP contribution is 2.34. The Morgan fingerprint density at radius 2 is 1.75 bits per heavy atom. The van der Waals surface area contributed by atoms with Gasteiger partial charge in [-0.05, 0) is 73.6 Å². The number of carbonyl (C=O) groups is 3. The number of ether oxygens (including phenoxy) is 3. The summed E-state index contributed by atoms with van der Waals surface area (Å²) < 4.78 is 16.2. The average molecular weight is 457 g/mol. The maximum Gasteiger partial charge on any atom is 0.294 e. The van der Waals surface area contributed by atoms with Crippen LogP contribution in [0, 0.1) is 0 Å². The van der Waals surface area contributed by atoms with Crippen LogP contribution in [0.2, 0.25) is 0 Å². The molecule has 0 unspecified atom stereocenters. The fraction of sp³-hybridized carbons (Fsp3) is 0.261. The molecule has 3 amide bonds. The molecule has 8 nitrogen and oxygen atoms in total. The van der Waals surface area contributed by atoms with Crippen LogP contribution in [0.1, 0.15) is 19.4 Å². The summed E-state index contributed by atoms with van der Waals surface area (Å²) in [5.74, 6) is 0.810. The van der Waals surface area contributed by atoms with E-state index in [2.05, 4.69) is 5.32 Å². The van der Waals surface area contributed by atoms with Crippen molar-refractivity contribution in [1.29, 1.82) is 0 Å². The Kier molecular flexibility index (Phi) is 7.77. The van der Waals surface area contributed by atoms with E-state index in [1.807, 2.05) is 13.8 Å². The molecule has 0 bridgehead atoms. The molecule has 1 N–H and O–H groups in total. The second kappa shape index (κ2) is 10.7. The van der Waals surface area contributed by atoms with Crippen LogP contribution in [-0.4, -0.2) is 48.8 Å². The van der Waals surface area contributed by atoms with Gasteiger partial charge in [-0.25, -0.2) is 0 Å². The van der Waals surface area contributed by atoms with E-state index in [4.69, 9.17) is 14.2 Å². The maximum absolute atomic E-state index is 12.7. The number of methoxy groups -OCH3 is 1. The Hall–Kier alpha value is -3.46. The zero-order chi connectivity index (χ0) is 23.1. The smallest absolute Gasteiger partial charge is 0.294 e. The fourth-order valence-electron chi connectivity index (χ4n) is 2.98. The zero-order valence-corrected chi connectivity index (χ0v) is 18.9. The second-order valence-corrected chi connectivity index (χ2v) is 7.61. The van der Waals surface area contributed by atoms with Crippen LogP contribution in [0.25, 0.3) is 6.08 Å². The van der Waals surface area contributed by atoms with Gasteiger partial charge in [0.05, 0.1) is 25.2 Å². The first-order chi connectivity index (χ1) is 15.4. The lowest BCUT2D eigenvalue weighted by atomic mass is 10.2. The number of hydrogen-bond acceptors (Lipinski definition) is 7. The van der Waals surface area contributed by atoms with Gasteiger partial charge in [-0.15, -0.1) is 0 Å². The minimum atomic E-state index is -0.518. The van der Waals surface area contributed by atoms with Gasteiger partial charge >= 0.3 is 0 Å². The van der Waals surface area contributed by atoms with Crippen LogP contribution in [0.3, 0.4) is 0 Å². The number of benzene rings is 2. The fourth-order valence-corrected chi connectivity index (χ4v) is 3.82. The molecule has 0 spiro atoms. The van der Waals surface area contributed by atoms with Gasteiger partial charge in [0.25, 0.3) is 11.1 Å². The molecular formula is C23H24N2O6S. The number of hydrogen-bond donors (Lipinski definition) is 1. The third-order valence-corrected chi connectivity index (χ3v) is 5.32. The zero-order valence-electron chi connectivity index (χ0n) is 18.0. The van der Waals surface area contributed by atoms with E-state index >= 15 is 0 Å². The first kappa shape index (κ1) is 23.2. The summed E-state index contributed by atoms with van der Waals surface area (Å²) in [6.07, 6.45) is 1.59. The number of rotatable bonds is 9. The summed E-state index contributed by atoms with van der Waals surface area (Å²) in [5.41, 5.74) is 1.22. The Morgan fingerprint density at radius 3 is 2.41 bits per heavy atom. The van der Waals surface area contributed by atoms with Crippen molar-refractivity contribution < 1.29 is 28.6 Å². The van der Waals surface area contributed by atoms with Crippen molar-refractivity contribution in [2.75, 3.05) is 32.2 Å². The largest absolute Gasteiger partial charge is 0.494 e. The molecule has 1 aliphatic rings. The minimum absolute atomic E-state index is 0.233. The summed E-state index contributed by atoms with van der Waals surface area (Å²) >= 11 is 0.791. The molecule has 0 atom stereocenters. The van der Waals surface area contributed by atoms with Gasteiger partial charge < -0.3 is 19.5 Å². The number of carbonyl (C=O) groups excluding carboxylic acids is 3. The van der Waals surface area contributed by atoms with E-state index in [0.717, 1.165) is 16.7 Å². The van der Waals surface area contributed by atoms with Crippen LogP contribution < -0.4 is 19.5 Å². The van der Waals surface area contributed by atoms with Gasteiger partial charge in [0.2, 0.25) is 5.91 Å². The molecular weight excluding hydrogens is 432 g/mol. The normalized spacial score (nSPS) is 14.6. The number of amides is 3. The first-order valence-corrected chi connectivity index (χ1v) is 10.9. The SMILES string of the molecule is CCOc1ccc(NC(=O)CN2C(=O)S/C(=C/c3ccc(OC)c(OCC)c3)C2=O)cc1. The predicted octanol–water partition coefficient (Wildman–Crippen LogP) is 4.17. The van der Waals surface area contributed by atoms with E-state index in [0.29, 0.717) is 41.7 Å². The van der Waals surface area contributed by atoms with Gasteiger partial charge in [0.1, 0.15) is 12.3 Å². The number of imide groups is 1. The Morgan fingerprint density at radius 1 is 1.03 bits per heavy atom. The van der Waals surface area contributed by atoms with Crippen molar-refractivity contribution >= 4 is 40.6 Å². The van der Waals surface area contributed by atoms with Crippen LogP contribution >= 0.6 is 11.8 Å². The van der Waals surface area contributed by atoms with Crippen molar-refractivity contribution in [3.8, 4) is 17.2 Å². The number of nitrogens with zero attached hydrogens (tertiary/aromatic N) is 1. The third-order valence-electron chi connectivity index (χ3n) is 4.41. The molecule has 2 aromatic carbocycles. The second-order valence-electron chi connectivity index (χ2n) is 6.62. The Balaban J connectivity index is 1.67. The molecule has 1 aliphatic heterocycles. The van der Waals surface area contributed by atoms with Crippen LogP contribution in [0.15, 0.2) is 47.4 Å². The standard InChI is InChI=1S/C23H24N2O6S/c1-4-30-17-9-7-16(8-10-17)24-21(26)14-25-22(27)20(32-23(25)28)13-15-6-11-18(29-3)19(12-15)31-5-2/h6-13H,4-5,14H2,1-3H3,(H,24,26)/b20-13+. The molecule has 0 aromatic heterocycles. The predicted molar refractivity (Wildman–Crippen MR) is 123 cm³/mol. The van der Waals surface area contributed by atoms with Crippen LogP contribution in [0.4, 0.5) is 10.5 Å². The molecule has 1 saturated heterocycles. The van der Waals surface area contributed by atoms with Crippen LogP contribution in [0.5, 0.6) is 17.2 Å². The highest BCUT2D eigenvalue weighted by molar-refractivity contribution is 8.18. The lowest BCUT2D eigenvalue weighted by Crippen LogP contribution is -2.36. The summed E-state index contributed by atoms with van der Waals surface area (Å²) in [4.78, 5) is 38.6. The van der Waals surface area contributed by atoms with Gasteiger partial charge in [0.15, 0.2) is 11.5 Å². The maximum atomic E-state index is 12.7. The van der Waals surface area contributed by atoms with Crippen molar-refractivity contribution in [3.05, 3.63) is 52.9 Å². The highest BCUT2D eigenvalue weighted by Gasteiger charge is 2.36. The highest BCUT2D eigenvalue weighted by atomic mass is 32.2. The molecule has 0 radical (unpaired) electrons. The average Bonchev–Trinajstić information content (AvgIpc) is 3.03. The Labute approximate surface area is 190 Å². The monoisotopic (exact) mass is 456 g/mol. The molecule has 0 aliphatic carbocycles. The molecule has 0 saturated carbocycles. The van der Waals surface area contributed by atoms with E-state index in [-0.39, 0.29) is 11.4 Å². The topological polar surface area (TPSA) is 94.2 Å². The van der Waals surface area contributed by atoms with Crippen molar-refractivity contribution in [1.82, 2.24) is 4.90 Å². The van der Waals surface area contributed by atoms with E-state index in [9.17, 15) is 14.4 Å². The Bertz CT molecular complexity index is 1040. The van der Waals surface area contributed by atoms with Gasteiger partial charge in [-0.2, -0.15) is 0 Å². The lowest BCUT2D eigenvalue weighted by Gasteiger charge is -2.13. The van der Waals surface area contributed by atoms with Gasteiger partial charge in [-0.1, -0.05) is 6.07 Å². The summed E-state index contributed by atoms with van der Waals surface area (Å²) in [6.45, 7) is 4.37. The third kappa shape index (κ3) is 5.61. The van der Waals surface area contributed by atoms with Crippen molar-refractivity contribution in [2.24, 2.45) is 0 Å². The quantitative estimate of drug-likeness (QED) is 0.566.